The average molecular weight is 177 g/mol. The highest BCUT2D eigenvalue weighted by molar-refractivity contribution is 5.16. The van der Waals surface area contributed by atoms with Gasteiger partial charge in [-0.05, 0) is 19.3 Å². The lowest BCUT2D eigenvalue weighted by atomic mass is 10.1. The van der Waals surface area contributed by atoms with Gasteiger partial charge in [0.2, 0.25) is 0 Å². The normalized spacial score (nSPS) is 30.1. The van der Waals surface area contributed by atoms with Crippen LogP contribution in [0.2, 0.25) is 0 Å². The first-order valence-corrected chi connectivity index (χ1v) is 5.22. The molecule has 2 aliphatic rings. The van der Waals surface area contributed by atoms with E-state index in [0.717, 1.165) is 12.0 Å². The minimum atomic E-state index is 0.514. The van der Waals surface area contributed by atoms with Crippen LogP contribution in [-0.4, -0.2) is 14.8 Å². The Morgan fingerprint density at radius 3 is 2.92 bits per heavy atom. The van der Waals surface area contributed by atoms with E-state index in [9.17, 15) is 0 Å². The summed E-state index contributed by atoms with van der Waals surface area (Å²) >= 11 is 0. The molecule has 2 heterocycles. The van der Waals surface area contributed by atoms with Crippen molar-refractivity contribution in [1.82, 2.24) is 14.8 Å². The molecule has 70 valence electrons. The van der Waals surface area contributed by atoms with Gasteiger partial charge >= 0.3 is 0 Å². The molecule has 13 heavy (non-hydrogen) atoms. The molecule has 3 nitrogen and oxygen atoms in total. The second-order valence-electron chi connectivity index (χ2n) is 4.60. The second-order valence-corrected chi connectivity index (χ2v) is 4.60. The molecule has 0 N–H and O–H groups in total. The van der Waals surface area contributed by atoms with Gasteiger partial charge in [0, 0.05) is 17.9 Å². The van der Waals surface area contributed by atoms with Crippen molar-refractivity contribution in [3.63, 3.8) is 0 Å². The Balaban J connectivity index is 2.13. The highest BCUT2D eigenvalue weighted by Gasteiger charge is 2.40. The molecule has 1 aromatic heterocycles. The number of rotatable bonds is 1. The Hall–Kier alpha value is -0.860. The van der Waals surface area contributed by atoms with Gasteiger partial charge in [-0.25, -0.2) is 0 Å². The molecule has 1 saturated carbocycles. The van der Waals surface area contributed by atoms with Crippen LogP contribution in [0.15, 0.2) is 0 Å². The molecule has 1 aromatic rings. The van der Waals surface area contributed by atoms with Gasteiger partial charge in [0.25, 0.3) is 0 Å². The van der Waals surface area contributed by atoms with Crippen molar-refractivity contribution in [2.45, 2.75) is 51.0 Å². The number of fused-ring (bicyclic) bond motifs is 5. The quantitative estimate of drug-likeness (QED) is 0.658. The molecule has 0 amide bonds. The van der Waals surface area contributed by atoms with E-state index in [-0.39, 0.29) is 0 Å². The first-order valence-electron chi connectivity index (χ1n) is 5.22. The molecule has 0 saturated heterocycles. The van der Waals surface area contributed by atoms with Crippen molar-refractivity contribution in [1.29, 1.82) is 0 Å². The molecule has 1 aliphatic carbocycles. The Morgan fingerprint density at radius 2 is 2.15 bits per heavy atom. The van der Waals surface area contributed by atoms with Gasteiger partial charge in [-0.15, -0.1) is 10.2 Å². The van der Waals surface area contributed by atoms with Crippen LogP contribution >= 0.6 is 0 Å². The number of hydrogen-bond acceptors (Lipinski definition) is 2. The van der Waals surface area contributed by atoms with Gasteiger partial charge in [0.15, 0.2) is 0 Å². The van der Waals surface area contributed by atoms with Crippen LogP contribution in [0.3, 0.4) is 0 Å². The van der Waals surface area contributed by atoms with Gasteiger partial charge in [-0.2, -0.15) is 0 Å². The van der Waals surface area contributed by atoms with Crippen molar-refractivity contribution in [3.8, 4) is 0 Å². The molecule has 2 atom stereocenters. The molecule has 2 bridgehead atoms. The molecule has 1 aliphatic heterocycles. The lowest BCUT2D eigenvalue weighted by molar-refractivity contribution is 0.495. The van der Waals surface area contributed by atoms with E-state index < -0.39 is 0 Å². The fraction of sp³-hybridized carbons (Fsp3) is 0.800. The summed E-state index contributed by atoms with van der Waals surface area (Å²) in [5, 5.41) is 8.60. The third kappa shape index (κ3) is 0.847. The lowest BCUT2D eigenvalue weighted by Gasteiger charge is -2.16. The zero-order valence-corrected chi connectivity index (χ0v) is 8.20. The maximum atomic E-state index is 4.31. The Bertz CT molecular complexity index is 340. The summed E-state index contributed by atoms with van der Waals surface area (Å²) in [5.41, 5.74) is 0. The van der Waals surface area contributed by atoms with E-state index in [2.05, 4.69) is 28.6 Å². The van der Waals surface area contributed by atoms with Crippen LogP contribution < -0.4 is 0 Å². The lowest BCUT2D eigenvalue weighted by Crippen LogP contribution is -2.10. The molecule has 0 spiro atoms. The summed E-state index contributed by atoms with van der Waals surface area (Å²) < 4.78 is 2.40. The van der Waals surface area contributed by atoms with Crippen LogP contribution in [0.1, 0.15) is 62.6 Å². The molecule has 3 rings (SSSR count). The molecule has 2 unspecified atom stereocenters. The summed E-state index contributed by atoms with van der Waals surface area (Å²) in [4.78, 5) is 0. The smallest absolute Gasteiger partial charge is 0.136 e. The zero-order valence-electron chi connectivity index (χ0n) is 8.20. The number of nitrogens with zero attached hydrogens (tertiary/aromatic N) is 3. The molecule has 1 fully saturated rings. The highest BCUT2D eigenvalue weighted by atomic mass is 15.3. The van der Waals surface area contributed by atoms with Gasteiger partial charge in [0.05, 0.1) is 0 Å². The first kappa shape index (κ1) is 7.54. The Labute approximate surface area is 78.2 Å². The summed E-state index contributed by atoms with van der Waals surface area (Å²) in [6, 6.07) is 0.729. The second kappa shape index (κ2) is 2.34. The van der Waals surface area contributed by atoms with E-state index in [1.807, 2.05) is 0 Å². The minimum absolute atomic E-state index is 0.514. The van der Waals surface area contributed by atoms with Gasteiger partial charge in [0.1, 0.15) is 11.6 Å². The molecule has 0 radical (unpaired) electrons. The van der Waals surface area contributed by atoms with Crippen LogP contribution in [0.5, 0.6) is 0 Å². The van der Waals surface area contributed by atoms with Crippen molar-refractivity contribution < 1.29 is 0 Å². The van der Waals surface area contributed by atoms with Gasteiger partial charge < -0.3 is 4.57 Å². The first-order chi connectivity index (χ1) is 6.27. The summed E-state index contributed by atoms with van der Waals surface area (Å²) in [5.74, 6) is 3.70. The zero-order chi connectivity index (χ0) is 9.00. The standard InChI is InChI=1S/C10H15N3/c1-6(2)9-11-12-10-7-3-4-8(5-7)13(9)10/h6-8H,3-5H2,1-2H3. The summed E-state index contributed by atoms with van der Waals surface area (Å²) in [7, 11) is 0. The summed E-state index contributed by atoms with van der Waals surface area (Å²) in [6.45, 7) is 4.40. The van der Waals surface area contributed by atoms with Crippen LogP contribution in [0.25, 0.3) is 0 Å². The van der Waals surface area contributed by atoms with Crippen LogP contribution in [-0.2, 0) is 0 Å². The number of hydrogen-bond donors (Lipinski definition) is 0. The maximum absolute atomic E-state index is 4.31. The van der Waals surface area contributed by atoms with Gasteiger partial charge in [-0.3, -0.25) is 0 Å². The van der Waals surface area contributed by atoms with Crippen LogP contribution in [0.4, 0.5) is 0 Å². The average Bonchev–Trinajstić information content (AvgIpc) is 2.76. The molecule has 0 aromatic carbocycles. The van der Waals surface area contributed by atoms with E-state index in [1.165, 1.54) is 30.9 Å². The third-order valence-electron chi connectivity index (χ3n) is 3.40. The maximum Gasteiger partial charge on any atom is 0.136 e. The molecular formula is C10H15N3. The predicted molar refractivity (Wildman–Crippen MR) is 49.7 cm³/mol. The fourth-order valence-electron chi connectivity index (χ4n) is 2.79. The third-order valence-corrected chi connectivity index (χ3v) is 3.40. The Kier molecular flexibility index (Phi) is 1.35. The van der Waals surface area contributed by atoms with E-state index in [0.29, 0.717) is 5.92 Å². The van der Waals surface area contributed by atoms with Crippen molar-refractivity contribution in [2.24, 2.45) is 0 Å². The Morgan fingerprint density at radius 1 is 1.31 bits per heavy atom. The monoisotopic (exact) mass is 177 g/mol. The van der Waals surface area contributed by atoms with Crippen LogP contribution in [0, 0.1) is 0 Å². The molecule has 3 heteroatoms. The van der Waals surface area contributed by atoms with E-state index in [1.54, 1.807) is 0 Å². The van der Waals surface area contributed by atoms with Crippen molar-refractivity contribution >= 4 is 0 Å². The topological polar surface area (TPSA) is 30.7 Å². The predicted octanol–water partition coefficient (Wildman–Crippen LogP) is 2.22. The van der Waals surface area contributed by atoms with E-state index >= 15 is 0 Å². The minimum Gasteiger partial charge on any atom is -0.311 e. The van der Waals surface area contributed by atoms with E-state index in [4.69, 9.17) is 0 Å². The van der Waals surface area contributed by atoms with Crippen molar-refractivity contribution in [2.75, 3.05) is 0 Å². The SMILES string of the molecule is CC(C)c1nnc2n1C1CCC2C1. The fourth-order valence-corrected chi connectivity index (χ4v) is 2.79. The van der Waals surface area contributed by atoms with Gasteiger partial charge in [-0.1, -0.05) is 13.8 Å². The largest absolute Gasteiger partial charge is 0.311 e. The molecular weight excluding hydrogens is 162 g/mol. The highest BCUT2D eigenvalue weighted by Crippen LogP contribution is 2.48. The number of aromatic nitrogens is 3. The van der Waals surface area contributed by atoms with Crippen molar-refractivity contribution in [3.05, 3.63) is 11.6 Å². The summed E-state index contributed by atoms with van der Waals surface area (Å²) in [6.07, 6.45) is 4.00.